The van der Waals surface area contributed by atoms with Gasteiger partial charge in [0.05, 0.1) is 0 Å². The van der Waals surface area contributed by atoms with Gasteiger partial charge in [0.1, 0.15) is 12.2 Å². The first kappa shape index (κ1) is 13.6. The second kappa shape index (κ2) is 5.88. The molecule has 1 saturated heterocycles. The van der Waals surface area contributed by atoms with Crippen molar-refractivity contribution >= 4 is 11.9 Å². The van der Waals surface area contributed by atoms with Crippen LogP contribution < -0.4 is 0 Å². The van der Waals surface area contributed by atoms with E-state index in [-0.39, 0.29) is 19.1 Å². The predicted molar refractivity (Wildman–Crippen MR) is 67.8 cm³/mol. The smallest absolute Gasteiger partial charge is 0.323 e. The van der Waals surface area contributed by atoms with E-state index in [1.54, 1.807) is 23.2 Å². The van der Waals surface area contributed by atoms with Crippen LogP contribution in [0.1, 0.15) is 23.3 Å². The number of amides is 1. The fourth-order valence-electron chi connectivity index (χ4n) is 2.49. The molecule has 1 aromatic rings. The number of aliphatic hydroxyl groups is 1. The average Bonchev–Trinajstić information content (AvgIpc) is 2.97. The summed E-state index contributed by atoms with van der Waals surface area (Å²) in [5.41, 5.74) is 0.409. The molecule has 2 N–H and O–H groups in total. The highest BCUT2D eigenvalue weighted by molar-refractivity contribution is 5.93. The fraction of sp³-hybridized carbons (Fsp3) is 0.538. The van der Waals surface area contributed by atoms with Crippen LogP contribution in [0.2, 0.25) is 0 Å². The van der Waals surface area contributed by atoms with Gasteiger partial charge in [0.15, 0.2) is 0 Å². The number of hydrogen-bond acceptors (Lipinski definition) is 3. The number of carbonyl (C=O) groups is 2. The maximum absolute atomic E-state index is 12.3. The summed E-state index contributed by atoms with van der Waals surface area (Å²) in [6, 6.07) is 3.32. The Hall–Kier alpha value is -1.82. The molecule has 0 saturated carbocycles. The number of likely N-dealkylation sites (tertiary alicyclic amines) is 1. The Morgan fingerprint density at radius 3 is 2.89 bits per heavy atom. The van der Waals surface area contributed by atoms with Crippen molar-refractivity contribution < 1.29 is 19.8 Å². The van der Waals surface area contributed by atoms with Crippen molar-refractivity contribution in [2.24, 2.45) is 5.92 Å². The minimum Gasteiger partial charge on any atom is -0.480 e. The second-order valence-electron chi connectivity index (χ2n) is 4.83. The van der Waals surface area contributed by atoms with E-state index in [9.17, 15) is 9.59 Å². The minimum absolute atomic E-state index is 0.133. The lowest BCUT2D eigenvalue weighted by atomic mass is 10.1. The van der Waals surface area contributed by atoms with E-state index < -0.39 is 5.97 Å². The van der Waals surface area contributed by atoms with Crippen LogP contribution in [0.25, 0.3) is 0 Å². The van der Waals surface area contributed by atoms with Gasteiger partial charge in [-0.05, 0) is 30.9 Å². The molecule has 1 fully saturated rings. The van der Waals surface area contributed by atoms with E-state index in [2.05, 4.69) is 0 Å². The summed E-state index contributed by atoms with van der Waals surface area (Å²) in [6.07, 6.45) is 3.20. The average molecular weight is 266 g/mol. The molecule has 6 heteroatoms. The highest BCUT2D eigenvalue weighted by Gasteiger charge is 2.28. The zero-order chi connectivity index (χ0) is 13.8. The highest BCUT2D eigenvalue weighted by atomic mass is 16.4. The SMILES string of the molecule is O=C(O)Cn1cccc1C(=O)N1CCC(CCO)C1. The summed E-state index contributed by atoms with van der Waals surface area (Å²) in [5.74, 6) is -0.756. The summed E-state index contributed by atoms with van der Waals surface area (Å²) >= 11 is 0. The van der Waals surface area contributed by atoms with Gasteiger partial charge in [-0.15, -0.1) is 0 Å². The largest absolute Gasteiger partial charge is 0.480 e. The van der Waals surface area contributed by atoms with Crippen molar-refractivity contribution in [2.45, 2.75) is 19.4 Å². The molecule has 19 heavy (non-hydrogen) atoms. The molecule has 1 unspecified atom stereocenters. The quantitative estimate of drug-likeness (QED) is 0.809. The highest BCUT2D eigenvalue weighted by Crippen LogP contribution is 2.21. The number of nitrogens with zero attached hydrogens (tertiary/aromatic N) is 2. The third-order valence-corrected chi connectivity index (χ3v) is 3.46. The molecule has 1 aliphatic rings. The lowest BCUT2D eigenvalue weighted by Crippen LogP contribution is -2.31. The Morgan fingerprint density at radius 2 is 2.21 bits per heavy atom. The first-order valence-corrected chi connectivity index (χ1v) is 6.39. The van der Waals surface area contributed by atoms with Crippen molar-refractivity contribution in [3.8, 4) is 0 Å². The van der Waals surface area contributed by atoms with Crippen LogP contribution in [-0.4, -0.2) is 51.3 Å². The Bertz CT molecular complexity index is 469. The Labute approximate surface area is 111 Å². The van der Waals surface area contributed by atoms with Gasteiger partial charge in [0.25, 0.3) is 5.91 Å². The Kier molecular flexibility index (Phi) is 4.21. The summed E-state index contributed by atoms with van der Waals surface area (Å²) in [7, 11) is 0. The van der Waals surface area contributed by atoms with Gasteiger partial charge in [0, 0.05) is 25.9 Å². The van der Waals surface area contributed by atoms with Gasteiger partial charge in [0.2, 0.25) is 0 Å². The van der Waals surface area contributed by atoms with Crippen LogP contribution in [0.5, 0.6) is 0 Å². The topological polar surface area (TPSA) is 82.8 Å². The number of carboxylic acids is 1. The first-order chi connectivity index (χ1) is 9.11. The number of aromatic nitrogens is 1. The Morgan fingerprint density at radius 1 is 1.42 bits per heavy atom. The number of aliphatic carboxylic acids is 1. The van der Waals surface area contributed by atoms with Gasteiger partial charge >= 0.3 is 5.97 Å². The van der Waals surface area contributed by atoms with Gasteiger partial charge < -0.3 is 19.7 Å². The fourth-order valence-corrected chi connectivity index (χ4v) is 2.49. The number of hydrogen-bond donors (Lipinski definition) is 2. The molecule has 6 nitrogen and oxygen atoms in total. The van der Waals surface area contributed by atoms with E-state index >= 15 is 0 Å². The van der Waals surface area contributed by atoms with Gasteiger partial charge in [-0.1, -0.05) is 0 Å². The molecule has 104 valence electrons. The van der Waals surface area contributed by atoms with Crippen LogP contribution >= 0.6 is 0 Å². The van der Waals surface area contributed by atoms with E-state index in [1.807, 2.05) is 0 Å². The maximum Gasteiger partial charge on any atom is 0.323 e. The van der Waals surface area contributed by atoms with Crippen LogP contribution in [0.4, 0.5) is 0 Å². The van der Waals surface area contributed by atoms with Crippen molar-refractivity contribution in [3.05, 3.63) is 24.0 Å². The summed E-state index contributed by atoms with van der Waals surface area (Å²) < 4.78 is 1.45. The standard InChI is InChI=1S/C13H18N2O4/c16-7-4-10-3-6-15(8-10)13(19)11-2-1-5-14(11)9-12(17)18/h1-2,5,10,16H,3-4,6-9H2,(H,17,18). The van der Waals surface area contributed by atoms with Crippen molar-refractivity contribution in [3.63, 3.8) is 0 Å². The first-order valence-electron chi connectivity index (χ1n) is 6.39. The van der Waals surface area contributed by atoms with Crippen molar-refractivity contribution in [1.29, 1.82) is 0 Å². The molecule has 2 rings (SSSR count). The lowest BCUT2D eigenvalue weighted by molar-refractivity contribution is -0.137. The third-order valence-electron chi connectivity index (χ3n) is 3.46. The van der Waals surface area contributed by atoms with E-state index in [1.165, 1.54) is 4.57 Å². The molecule has 0 aromatic carbocycles. The molecule has 0 spiro atoms. The van der Waals surface area contributed by atoms with Crippen molar-refractivity contribution in [1.82, 2.24) is 9.47 Å². The summed E-state index contributed by atoms with van der Waals surface area (Å²) in [5, 5.41) is 17.7. The molecule has 1 atom stereocenters. The lowest BCUT2D eigenvalue weighted by Gasteiger charge is -2.17. The minimum atomic E-state index is -0.968. The van der Waals surface area contributed by atoms with Gasteiger partial charge in [-0.2, -0.15) is 0 Å². The van der Waals surface area contributed by atoms with E-state index in [0.717, 1.165) is 6.42 Å². The van der Waals surface area contributed by atoms with Crippen molar-refractivity contribution in [2.75, 3.05) is 19.7 Å². The zero-order valence-electron chi connectivity index (χ0n) is 10.7. The third kappa shape index (κ3) is 3.14. The predicted octanol–water partition coefficient (Wildman–Crippen LogP) is 0.417. The molecular weight excluding hydrogens is 248 g/mol. The van der Waals surface area contributed by atoms with Gasteiger partial charge in [-0.3, -0.25) is 9.59 Å². The molecule has 1 aliphatic heterocycles. The van der Waals surface area contributed by atoms with Crippen LogP contribution in [0.3, 0.4) is 0 Å². The Balaban J connectivity index is 2.04. The molecule has 1 amide bonds. The number of aliphatic hydroxyl groups excluding tert-OH is 1. The monoisotopic (exact) mass is 266 g/mol. The van der Waals surface area contributed by atoms with Crippen LogP contribution in [-0.2, 0) is 11.3 Å². The van der Waals surface area contributed by atoms with Crippen LogP contribution in [0.15, 0.2) is 18.3 Å². The maximum atomic E-state index is 12.3. The molecular formula is C13H18N2O4. The second-order valence-corrected chi connectivity index (χ2v) is 4.83. The number of rotatable bonds is 5. The van der Waals surface area contributed by atoms with E-state index in [4.69, 9.17) is 10.2 Å². The molecule has 0 radical (unpaired) electrons. The van der Waals surface area contributed by atoms with Gasteiger partial charge in [-0.25, -0.2) is 0 Å². The summed E-state index contributed by atoms with van der Waals surface area (Å²) in [6.45, 7) is 1.24. The molecule has 1 aromatic heterocycles. The molecule has 0 aliphatic carbocycles. The molecule has 0 bridgehead atoms. The van der Waals surface area contributed by atoms with E-state index in [0.29, 0.717) is 31.1 Å². The molecule has 2 heterocycles. The summed E-state index contributed by atoms with van der Waals surface area (Å²) in [4.78, 5) is 24.8. The van der Waals surface area contributed by atoms with Crippen LogP contribution in [0, 0.1) is 5.92 Å². The zero-order valence-corrected chi connectivity index (χ0v) is 10.7. The number of carboxylic acid groups (broad SMARTS) is 1. The number of carbonyl (C=O) groups excluding carboxylic acids is 1. The normalized spacial score (nSPS) is 18.8.